The van der Waals surface area contributed by atoms with E-state index in [0.29, 0.717) is 6.04 Å². The maximum atomic E-state index is 5.38. The molecule has 1 aromatic rings. The molecule has 1 aliphatic heterocycles. The fourth-order valence-electron chi connectivity index (χ4n) is 4.56. The van der Waals surface area contributed by atoms with Gasteiger partial charge in [-0.05, 0) is 88.4 Å². The first kappa shape index (κ1) is 23.5. The lowest BCUT2D eigenvalue weighted by molar-refractivity contribution is 0.372. The fourth-order valence-corrected chi connectivity index (χ4v) is 4.56. The first-order chi connectivity index (χ1) is 14.9. The topological polar surface area (TPSA) is 15.6 Å². The van der Waals surface area contributed by atoms with Gasteiger partial charge in [0.1, 0.15) is 0 Å². The van der Waals surface area contributed by atoms with Gasteiger partial charge < -0.3 is 0 Å². The highest BCUT2D eigenvalue weighted by molar-refractivity contribution is 6.15. The van der Waals surface area contributed by atoms with Crippen LogP contribution in [-0.2, 0) is 0 Å². The Labute approximate surface area is 190 Å². The molecular weight excluding hydrogens is 376 g/mol. The van der Waals surface area contributed by atoms with Gasteiger partial charge in [0, 0.05) is 17.7 Å². The van der Waals surface area contributed by atoms with Crippen LogP contribution in [0.15, 0.2) is 76.9 Å². The van der Waals surface area contributed by atoms with E-state index in [-0.39, 0.29) is 0 Å². The number of hydrogen-bond acceptors (Lipinski definition) is 2. The molecule has 0 aromatic heterocycles. The summed E-state index contributed by atoms with van der Waals surface area (Å²) in [7, 11) is 0. The summed E-state index contributed by atoms with van der Waals surface area (Å²) < 4.78 is 0. The number of nitrogens with zero attached hydrogens (tertiary/aromatic N) is 2. The van der Waals surface area contributed by atoms with Crippen molar-refractivity contribution < 1.29 is 0 Å². The zero-order chi connectivity index (χ0) is 22.2. The average molecular weight is 417 g/mol. The molecule has 31 heavy (non-hydrogen) atoms. The van der Waals surface area contributed by atoms with E-state index in [9.17, 15) is 0 Å². The van der Waals surface area contributed by atoms with Crippen molar-refractivity contribution in [3.63, 3.8) is 0 Å². The molecule has 166 valence electrons. The second-order valence-electron chi connectivity index (χ2n) is 9.43. The molecule has 1 aromatic carbocycles. The van der Waals surface area contributed by atoms with Gasteiger partial charge in [-0.25, -0.2) is 0 Å². The quantitative estimate of drug-likeness (QED) is 0.323. The molecule has 1 aliphatic carbocycles. The second kappa shape index (κ2) is 11.4. The van der Waals surface area contributed by atoms with Crippen molar-refractivity contribution >= 4 is 5.71 Å². The first-order valence-corrected chi connectivity index (χ1v) is 12.0. The lowest BCUT2D eigenvalue weighted by Crippen LogP contribution is -2.21. The SMILES string of the molecule is C=C(/C=C(\C=C(/C)C(=C)C)C(=NC1CCCCC1)c1ccccc1C)CN1CCCC1. The van der Waals surface area contributed by atoms with Crippen molar-refractivity contribution in [3.8, 4) is 0 Å². The Morgan fingerprint density at radius 3 is 2.32 bits per heavy atom. The Kier molecular flexibility index (Phi) is 8.66. The van der Waals surface area contributed by atoms with E-state index in [1.54, 1.807) is 0 Å². The standard InChI is InChI=1S/C29H40N2/c1-22(2)25(5)20-26(19-23(3)21-31-17-11-12-18-31)29(28-16-10-9-13-24(28)4)30-27-14-7-6-8-15-27/h9-10,13,16,19-20,27H,1,3,6-8,11-12,14-15,17-18,21H2,2,4-5H3/b25-20+,26-19+,30-29?. The Bertz CT molecular complexity index is 872. The molecule has 0 unspecified atom stereocenters. The largest absolute Gasteiger partial charge is 0.299 e. The second-order valence-corrected chi connectivity index (χ2v) is 9.43. The van der Waals surface area contributed by atoms with Gasteiger partial charge >= 0.3 is 0 Å². The van der Waals surface area contributed by atoms with Crippen molar-refractivity contribution in [2.75, 3.05) is 19.6 Å². The number of benzene rings is 1. The van der Waals surface area contributed by atoms with E-state index in [4.69, 9.17) is 4.99 Å². The van der Waals surface area contributed by atoms with Crippen LogP contribution < -0.4 is 0 Å². The monoisotopic (exact) mass is 416 g/mol. The summed E-state index contributed by atoms with van der Waals surface area (Å²) >= 11 is 0. The number of likely N-dealkylation sites (tertiary alicyclic amines) is 1. The summed E-state index contributed by atoms with van der Waals surface area (Å²) in [5.41, 5.74) is 8.25. The summed E-state index contributed by atoms with van der Waals surface area (Å²) in [5.74, 6) is 0. The van der Waals surface area contributed by atoms with Crippen LogP contribution in [0.2, 0.25) is 0 Å². The minimum atomic E-state index is 0.414. The van der Waals surface area contributed by atoms with E-state index in [1.165, 1.54) is 80.3 Å². The van der Waals surface area contributed by atoms with Gasteiger partial charge in [0.05, 0.1) is 11.8 Å². The minimum Gasteiger partial charge on any atom is -0.299 e. The van der Waals surface area contributed by atoms with Crippen molar-refractivity contribution in [2.45, 2.75) is 71.8 Å². The normalized spacial score (nSPS) is 19.6. The zero-order valence-corrected chi connectivity index (χ0v) is 19.9. The molecule has 2 aliphatic rings. The van der Waals surface area contributed by atoms with Crippen molar-refractivity contribution in [1.29, 1.82) is 0 Å². The molecule has 1 saturated carbocycles. The third-order valence-electron chi connectivity index (χ3n) is 6.59. The van der Waals surface area contributed by atoms with Gasteiger partial charge in [-0.3, -0.25) is 9.89 Å². The fraction of sp³-hybridized carbons (Fsp3) is 0.483. The van der Waals surface area contributed by atoms with Gasteiger partial charge in [0.15, 0.2) is 0 Å². The molecular formula is C29H40N2. The summed E-state index contributed by atoms with van der Waals surface area (Å²) in [6, 6.07) is 9.07. The van der Waals surface area contributed by atoms with E-state index >= 15 is 0 Å². The molecule has 0 atom stereocenters. The van der Waals surface area contributed by atoms with Gasteiger partial charge in [-0.15, -0.1) is 0 Å². The van der Waals surface area contributed by atoms with Crippen LogP contribution in [0.1, 0.15) is 69.9 Å². The molecule has 1 saturated heterocycles. The molecule has 3 rings (SSSR count). The van der Waals surface area contributed by atoms with E-state index in [0.717, 1.165) is 23.4 Å². The highest BCUT2D eigenvalue weighted by atomic mass is 15.1. The van der Waals surface area contributed by atoms with E-state index in [2.05, 4.69) is 75.2 Å². The molecule has 0 radical (unpaired) electrons. The van der Waals surface area contributed by atoms with Crippen molar-refractivity contribution in [2.24, 2.45) is 4.99 Å². The third-order valence-corrected chi connectivity index (χ3v) is 6.59. The van der Waals surface area contributed by atoms with E-state index in [1.807, 2.05) is 0 Å². The van der Waals surface area contributed by atoms with Crippen molar-refractivity contribution in [1.82, 2.24) is 4.90 Å². The summed E-state index contributed by atoms with van der Waals surface area (Å²) in [5, 5.41) is 0. The molecule has 0 N–H and O–H groups in total. The van der Waals surface area contributed by atoms with Crippen molar-refractivity contribution in [3.05, 3.63) is 83.0 Å². The van der Waals surface area contributed by atoms with Crippen LogP contribution in [0.4, 0.5) is 0 Å². The number of hydrogen-bond donors (Lipinski definition) is 0. The van der Waals surface area contributed by atoms with Gasteiger partial charge in [0.2, 0.25) is 0 Å². The maximum absolute atomic E-state index is 5.38. The Morgan fingerprint density at radius 2 is 1.68 bits per heavy atom. The predicted octanol–water partition coefficient (Wildman–Crippen LogP) is 7.22. The lowest BCUT2D eigenvalue weighted by Gasteiger charge is -2.22. The average Bonchev–Trinajstić information content (AvgIpc) is 3.25. The maximum Gasteiger partial charge on any atom is 0.0725 e. The highest BCUT2D eigenvalue weighted by Gasteiger charge is 2.18. The number of aryl methyl sites for hydroxylation is 1. The Morgan fingerprint density at radius 1 is 1.00 bits per heavy atom. The van der Waals surface area contributed by atoms with Crippen LogP contribution >= 0.6 is 0 Å². The third kappa shape index (κ3) is 6.90. The van der Waals surface area contributed by atoms with Crippen LogP contribution in [0.25, 0.3) is 0 Å². The predicted molar refractivity (Wildman–Crippen MR) is 136 cm³/mol. The first-order valence-electron chi connectivity index (χ1n) is 12.0. The zero-order valence-electron chi connectivity index (χ0n) is 19.9. The molecule has 1 heterocycles. The van der Waals surface area contributed by atoms with Gasteiger partial charge in [-0.2, -0.15) is 0 Å². The molecule has 2 heteroatoms. The van der Waals surface area contributed by atoms with Crippen LogP contribution in [-0.4, -0.2) is 36.3 Å². The summed E-state index contributed by atoms with van der Waals surface area (Å²) in [6.07, 6.45) is 13.5. The number of aliphatic imine (C=N–C) groups is 1. The summed E-state index contributed by atoms with van der Waals surface area (Å²) in [4.78, 5) is 7.90. The highest BCUT2D eigenvalue weighted by Crippen LogP contribution is 2.25. The molecule has 0 bridgehead atoms. The Hall–Kier alpha value is -2.19. The van der Waals surface area contributed by atoms with Crippen LogP contribution in [0.5, 0.6) is 0 Å². The number of allylic oxidation sites excluding steroid dienone is 4. The molecule has 0 amide bonds. The lowest BCUT2D eigenvalue weighted by atomic mass is 9.92. The Balaban J connectivity index is 2.04. The molecule has 2 fully saturated rings. The number of rotatable bonds is 8. The van der Waals surface area contributed by atoms with Gasteiger partial charge in [-0.1, -0.05) is 62.3 Å². The van der Waals surface area contributed by atoms with E-state index < -0.39 is 0 Å². The summed E-state index contributed by atoms with van der Waals surface area (Å²) in [6.45, 7) is 18.3. The smallest absolute Gasteiger partial charge is 0.0725 e. The van der Waals surface area contributed by atoms with Gasteiger partial charge in [0.25, 0.3) is 0 Å². The van der Waals surface area contributed by atoms with Crippen LogP contribution in [0, 0.1) is 6.92 Å². The minimum absolute atomic E-state index is 0.414. The van der Waals surface area contributed by atoms with Crippen LogP contribution in [0.3, 0.4) is 0 Å². The molecule has 2 nitrogen and oxygen atoms in total. The molecule has 0 spiro atoms.